The van der Waals surface area contributed by atoms with Crippen molar-refractivity contribution in [3.05, 3.63) is 35.5 Å². The number of ether oxygens (including phenoxy) is 1. The third-order valence-electron chi connectivity index (χ3n) is 2.08. The van der Waals surface area contributed by atoms with Crippen molar-refractivity contribution in [3.63, 3.8) is 0 Å². The number of hydrogen-bond donors (Lipinski definition) is 2. The van der Waals surface area contributed by atoms with Crippen LogP contribution in [0.25, 0.3) is 6.08 Å². The molecule has 0 bridgehead atoms. The number of rotatable bonds is 5. The van der Waals surface area contributed by atoms with Gasteiger partial charge in [0.05, 0.1) is 6.10 Å². The van der Waals surface area contributed by atoms with E-state index in [1.54, 1.807) is 24.3 Å². The third-order valence-corrected chi connectivity index (χ3v) is 2.08. The maximum absolute atomic E-state index is 11.0. The maximum Gasteiger partial charge on any atom is 0.352 e. The number of nitrogens with one attached hydrogen (secondary N) is 1. The van der Waals surface area contributed by atoms with Gasteiger partial charge in [-0.15, -0.1) is 0 Å². The highest BCUT2D eigenvalue weighted by atomic mass is 16.5. The number of carboxylic acid groups (broad SMARTS) is 1. The number of carboxylic acids is 1. The fraction of sp³-hybridized carbons (Fsp3) is 0.286. The molecule has 1 aromatic carbocycles. The summed E-state index contributed by atoms with van der Waals surface area (Å²) in [4.78, 5) is 21.9. The number of carbonyl (C=O) groups excluding carboxylic acids is 1. The molecule has 0 spiro atoms. The normalized spacial score (nSPS) is 11.3. The maximum atomic E-state index is 11.0. The summed E-state index contributed by atoms with van der Waals surface area (Å²) in [5, 5.41) is 11.3. The van der Waals surface area contributed by atoms with Gasteiger partial charge in [-0.05, 0) is 37.6 Å². The van der Waals surface area contributed by atoms with Gasteiger partial charge in [-0.25, -0.2) is 4.79 Å². The summed E-state index contributed by atoms with van der Waals surface area (Å²) < 4.78 is 5.51. The third kappa shape index (κ3) is 5.25. The molecule has 0 unspecified atom stereocenters. The summed E-state index contributed by atoms with van der Waals surface area (Å²) in [6, 6.07) is 7.00. The molecule has 0 atom stereocenters. The highest BCUT2D eigenvalue weighted by molar-refractivity contribution is 5.96. The first-order chi connectivity index (χ1) is 8.88. The monoisotopic (exact) mass is 263 g/mol. The average molecular weight is 263 g/mol. The smallest absolute Gasteiger partial charge is 0.352 e. The molecule has 0 aliphatic heterocycles. The lowest BCUT2D eigenvalue weighted by Gasteiger charge is -2.10. The van der Waals surface area contributed by atoms with Gasteiger partial charge in [-0.1, -0.05) is 12.1 Å². The standard InChI is InChI=1S/C14H17NO4/c1-9(2)19-12-6-4-5-11(7-12)8-13(14(17)18)15-10(3)16/h4-9H,1-3H3,(H,15,16)(H,17,18)/b13-8-. The average Bonchev–Trinajstić information content (AvgIpc) is 2.26. The number of amides is 1. The minimum absolute atomic E-state index is 0.0357. The Balaban J connectivity index is 3.00. The molecule has 0 aliphatic carbocycles. The van der Waals surface area contributed by atoms with E-state index in [4.69, 9.17) is 9.84 Å². The topological polar surface area (TPSA) is 75.6 Å². The van der Waals surface area contributed by atoms with E-state index in [9.17, 15) is 9.59 Å². The SMILES string of the molecule is CC(=O)N/C(=C\c1cccc(OC(C)C)c1)C(=O)O. The Morgan fingerprint density at radius 3 is 2.58 bits per heavy atom. The van der Waals surface area contributed by atoms with Crippen molar-refractivity contribution in [3.8, 4) is 5.75 Å². The molecule has 0 aliphatic rings. The summed E-state index contributed by atoms with van der Waals surface area (Å²) in [6.07, 6.45) is 1.42. The van der Waals surface area contributed by atoms with Crippen molar-refractivity contribution < 1.29 is 19.4 Å². The van der Waals surface area contributed by atoms with Crippen LogP contribution < -0.4 is 10.1 Å². The molecule has 0 saturated carbocycles. The molecule has 0 saturated heterocycles. The number of aliphatic carboxylic acids is 1. The van der Waals surface area contributed by atoms with Crippen LogP contribution in [0.5, 0.6) is 5.75 Å². The van der Waals surface area contributed by atoms with E-state index in [0.29, 0.717) is 11.3 Å². The first kappa shape index (κ1) is 14.8. The molecule has 2 N–H and O–H groups in total. The molecule has 5 heteroatoms. The van der Waals surface area contributed by atoms with Gasteiger partial charge in [0.15, 0.2) is 0 Å². The van der Waals surface area contributed by atoms with Crippen LogP contribution in [0, 0.1) is 0 Å². The van der Waals surface area contributed by atoms with Crippen molar-refractivity contribution in [2.75, 3.05) is 0 Å². The first-order valence-corrected chi connectivity index (χ1v) is 5.88. The quantitative estimate of drug-likeness (QED) is 0.797. The molecule has 102 valence electrons. The van der Waals surface area contributed by atoms with Gasteiger partial charge >= 0.3 is 5.97 Å². The zero-order valence-corrected chi connectivity index (χ0v) is 11.1. The Labute approximate surface area is 111 Å². The van der Waals surface area contributed by atoms with Gasteiger partial charge in [-0.3, -0.25) is 4.79 Å². The van der Waals surface area contributed by atoms with E-state index in [1.165, 1.54) is 13.0 Å². The Kier molecular flexibility index (Phi) is 5.11. The Hall–Kier alpha value is -2.30. The van der Waals surface area contributed by atoms with Crippen molar-refractivity contribution in [2.45, 2.75) is 26.9 Å². The molecular formula is C14H17NO4. The molecule has 1 aromatic rings. The van der Waals surface area contributed by atoms with Gasteiger partial charge in [-0.2, -0.15) is 0 Å². The highest BCUT2D eigenvalue weighted by Crippen LogP contribution is 2.16. The predicted molar refractivity (Wildman–Crippen MR) is 71.6 cm³/mol. The minimum Gasteiger partial charge on any atom is -0.491 e. The lowest BCUT2D eigenvalue weighted by atomic mass is 10.2. The van der Waals surface area contributed by atoms with Crippen LogP contribution in [0.3, 0.4) is 0 Å². The van der Waals surface area contributed by atoms with E-state index < -0.39 is 11.9 Å². The number of benzene rings is 1. The molecule has 19 heavy (non-hydrogen) atoms. The zero-order valence-electron chi connectivity index (χ0n) is 11.1. The lowest BCUT2D eigenvalue weighted by molar-refractivity contribution is -0.134. The number of hydrogen-bond acceptors (Lipinski definition) is 3. The lowest BCUT2D eigenvalue weighted by Crippen LogP contribution is -2.24. The van der Waals surface area contributed by atoms with Crippen molar-refractivity contribution in [2.24, 2.45) is 0 Å². The molecule has 0 aromatic heterocycles. The molecular weight excluding hydrogens is 246 g/mol. The van der Waals surface area contributed by atoms with Gasteiger partial charge in [0, 0.05) is 6.92 Å². The van der Waals surface area contributed by atoms with Crippen LogP contribution in [-0.4, -0.2) is 23.1 Å². The van der Waals surface area contributed by atoms with Crippen LogP contribution in [0.15, 0.2) is 30.0 Å². The first-order valence-electron chi connectivity index (χ1n) is 5.88. The second kappa shape index (κ2) is 6.58. The molecule has 0 heterocycles. The fourth-order valence-electron chi connectivity index (χ4n) is 1.46. The molecule has 0 radical (unpaired) electrons. The van der Waals surface area contributed by atoms with E-state index in [1.807, 2.05) is 13.8 Å². The molecule has 1 amide bonds. The summed E-state index contributed by atoms with van der Waals surface area (Å²) in [5.41, 5.74) is 0.471. The van der Waals surface area contributed by atoms with Gasteiger partial charge in [0.25, 0.3) is 0 Å². The second-order valence-electron chi connectivity index (χ2n) is 4.28. The summed E-state index contributed by atoms with van der Waals surface area (Å²) in [5.74, 6) is -0.968. The fourth-order valence-corrected chi connectivity index (χ4v) is 1.46. The highest BCUT2D eigenvalue weighted by Gasteiger charge is 2.09. The van der Waals surface area contributed by atoms with Crippen LogP contribution in [-0.2, 0) is 9.59 Å². The zero-order chi connectivity index (χ0) is 14.4. The molecule has 5 nitrogen and oxygen atoms in total. The minimum atomic E-state index is -1.19. The van der Waals surface area contributed by atoms with E-state index >= 15 is 0 Å². The Bertz CT molecular complexity index is 506. The van der Waals surface area contributed by atoms with Gasteiger partial charge < -0.3 is 15.2 Å². The van der Waals surface area contributed by atoms with Crippen LogP contribution in [0.1, 0.15) is 26.3 Å². The summed E-state index contributed by atoms with van der Waals surface area (Å²) >= 11 is 0. The van der Waals surface area contributed by atoms with E-state index in [2.05, 4.69) is 5.32 Å². The van der Waals surface area contributed by atoms with Crippen LogP contribution >= 0.6 is 0 Å². The van der Waals surface area contributed by atoms with Crippen LogP contribution in [0.4, 0.5) is 0 Å². The van der Waals surface area contributed by atoms with Crippen molar-refractivity contribution >= 4 is 18.0 Å². The van der Waals surface area contributed by atoms with Crippen molar-refractivity contribution in [1.82, 2.24) is 5.32 Å². The van der Waals surface area contributed by atoms with E-state index in [0.717, 1.165) is 0 Å². The molecule has 1 rings (SSSR count). The van der Waals surface area contributed by atoms with Crippen LogP contribution in [0.2, 0.25) is 0 Å². The number of carbonyl (C=O) groups is 2. The largest absolute Gasteiger partial charge is 0.491 e. The molecule has 0 fully saturated rings. The Morgan fingerprint density at radius 1 is 1.37 bits per heavy atom. The predicted octanol–water partition coefficient (Wildman–Crippen LogP) is 2.04. The summed E-state index contributed by atoms with van der Waals surface area (Å²) in [6.45, 7) is 5.07. The van der Waals surface area contributed by atoms with Gasteiger partial charge in [0.1, 0.15) is 11.4 Å². The summed E-state index contributed by atoms with van der Waals surface area (Å²) in [7, 11) is 0. The second-order valence-corrected chi connectivity index (χ2v) is 4.28. The van der Waals surface area contributed by atoms with Crippen molar-refractivity contribution in [1.29, 1.82) is 0 Å². The van der Waals surface area contributed by atoms with Gasteiger partial charge in [0.2, 0.25) is 5.91 Å². The Morgan fingerprint density at radius 2 is 2.05 bits per heavy atom. The van der Waals surface area contributed by atoms with E-state index in [-0.39, 0.29) is 11.8 Å².